The Morgan fingerprint density at radius 3 is 1.61 bits per heavy atom. The van der Waals surface area contributed by atoms with Gasteiger partial charge in [-0.3, -0.25) is 0 Å². The molecule has 0 aliphatic heterocycles. The van der Waals surface area contributed by atoms with Gasteiger partial charge in [0.15, 0.2) is 0 Å². The fraction of sp³-hybridized carbons (Fsp3) is 0.105. The van der Waals surface area contributed by atoms with Crippen LogP contribution in [0.5, 0.6) is 0 Å². The normalized spacial score (nSPS) is 11.4. The molecule has 0 amide bonds. The van der Waals surface area contributed by atoms with Gasteiger partial charge in [-0.15, -0.1) is 0 Å². The van der Waals surface area contributed by atoms with E-state index in [0.717, 1.165) is 12.8 Å². The van der Waals surface area contributed by atoms with Crippen molar-refractivity contribution in [3.8, 4) is 44.5 Å². The summed E-state index contributed by atoms with van der Waals surface area (Å²) in [4.78, 5) is 0. The van der Waals surface area contributed by atoms with E-state index >= 15 is 0 Å². The van der Waals surface area contributed by atoms with Gasteiger partial charge in [0.25, 0.3) is 0 Å². The Kier molecular flexibility index (Phi) is 8.11. The van der Waals surface area contributed by atoms with Crippen LogP contribution in [0.15, 0.2) is 140 Å². The molecule has 0 aromatic heterocycles. The summed E-state index contributed by atoms with van der Waals surface area (Å²) >= 11 is 0. The van der Waals surface area contributed by atoms with Crippen LogP contribution in [0.1, 0.15) is 30.9 Å². The topological polar surface area (TPSA) is 0 Å². The summed E-state index contributed by atoms with van der Waals surface area (Å²) in [7, 11) is 0. The molecule has 0 fully saturated rings. The molecule has 0 aliphatic carbocycles. The van der Waals surface area contributed by atoms with Crippen molar-refractivity contribution < 1.29 is 0 Å². The summed E-state index contributed by atoms with van der Waals surface area (Å²) < 4.78 is 0. The van der Waals surface area contributed by atoms with Crippen LogP contribution in [-0.4, -0.2) is 0 Å². The monoisotopic (exact) mass is 490 g/mol. The number of unbranched alkanes of at least 4 members (excludes halogenated alkanes) is 1. The van der Waals surface area contributed by atoms with Crippen LogP contribution in [0.4, 0.5) is 0 Å². The molecule has 5 aromatic rings. The Hall–Kier alpha value is -4.42. The summed E-state index contributed by atoms with van der Waals surface area (Å²) in [5.74, 6) is 0. The van der Waals surface area contributed by atoms with E-state index in [-0.39, 0.29) is 0 Å². The van der Waals surface area contributed by atoms with E-state index in [9.17, 15) is 0 Å². The van der Waals surface area contributed by atoms with Crippen LogP contribution in [0, 0.1) is 6.92 Å². The Labute approximate surface area is 227 Å². The van der Waals surface area contributed by atoms with Gasteiger partial charge in [-0.2, -0.15) is 0 Å². The molecule has 38 heavy (non-hydrogen) atoms. The third kappa shape index (κ3) is 5.61. The standard InChI is InChI=1S/C38H34/c1-3-4-5-6-16-26-34-37(31-21-12-8-13-22-31)35(30-19-10-7-11-20-30)28-36(33-25-17-18-29(2)27-33)38(34)32-23-14-9-15-24-32/h5-28H,3-4H2,1-2H3/b6-5-,26-16?. The Morgan fingerprint density at radius 2 is 1.05 bits per heavy atom. The first-order valence-corrected chi connectivity index (χ1v) is 13.5. The lowest BCUT2D eigenvalue weighted by Gasteiger charge is -2.22. The molecule has 0 spiro atoms. The first kappa shape index (κ1) is 25.2. The Balaban J connectivity index is 1.93. The zero-order chi connectivity index (χ0) is 26.2. The maximum Gasteiger partial charge on any atom is -0.00262 e. The molecular formula is C38H34. The fourth-order valence-corrected chi connectivity index (χ4v) is 5.08. The molecule has 0 radical (unpaired) electrons. The minimum absolute atomic E-state index is 1.08. The van der Waals surface area contributed by atoms with Crippen LogP contribution in [-0.2, 0) is 0 Å². The van der Waals surface area contributed by atoms with Crippen molar-refractivity contribution in [3.63, 3.8) is 0 Å². The highest BCUT2D eigenvalue weighted by Crippen LogP contribution is 2.46. The van der Waals surface area contributed by atoms with Gasteiger partial charge in [-0.05, 0) is 69.5 Å². The van der Waals surface area contributed by atoms with Crippen LogP contribution in [0.3, 0.4) is 0 Å². The second-order valence-electron chi connectivity index (χ2n) is 9.68. The van der Waals surface area contributed by atoms with Crippen molar-refractivity contribution in [2.45, 2.75) is 26.7 Å². The van der Waals surface area contributed by atoms with Crippen molar-refractivity contribution >= 4 is 6.08 Å². The highest BCUT2D eigenvalue weighted by molar-refractivity contribution is 6.02. The van der Waals surface area contributed by atoms with Crippen molar-refractivity contribution in [1.82, 2.24) is 0 Å². The van der Waals surface area contributed by atoms with Crippen molar-refractivity contribution in [2.75, 3.05) is 0 Å². The van der Waals surface area contributed by atoms with Gasteiger partial charge in [-0.25, -0.2) is 0 Å². The molecule has 186 valence electrons. The average molecular weight is 491 g/mol. The van der Waals surface area contributed by atoms with Crippen LogP contribution in [0.25, 0.3) is 50.6 Å². The summed E-state index contributed by atoms with van der Waals surface area (Å²) in [6, 6.07) is 43.7. The second kappa shape index (κ2) is 12.2. The SMILES string of the molecule is CCC/C=C\C=Cc1c(-c2ccccc2)c(-c2ccccc2)cc(-c2cccc(C)c2)c1-c1ccccc1. The summed E-state index contributed by atoms with van der Waals surface area (Å²) in [6.07, 6.45) is 11.2. The molecule has 0 nitrogen and oxygen atoms in total. The molecule has 0 heterocycles. The number of allylic oxidation sites excluding steroid dienone is 3. The molecule has 5 aromatic carbocycles. The highest BCUT2D eigenvalue weighted by Gasteiger charge is 2.21. The van der Waals surface area contributed by atoms with Gasteiger partial charge in [0.05, 0.1) is 0 Å². The number of hydrogen-bond donors (Lipinski definition) is 0. The quantitative estimate of drug-likeness (QED) is 0.190. The van der Waals surface area contributed by atoms with E-state index in [4.69, 9.17) is 0 Å². The van der Waals surface area contributed by atoms with Gasteiger partial charge < -0.3 is 0 Å². The van der Waals surface area contributed by atoms with E-state index in [0.29, 0.717) is 0 Å². The minimum atomic E-state index is 1.08. The van der Waals surface area contributed by atoms with Crippen molar-refractivity contribution in [2.24, 2.45) is 0 Å². The van der Waals surface area contributed by atoms with Crippen molar-refractivity contribution in [1.29, 1.82) is 0 Å². The smallest absolute Gasteiger partial charge is 0.00262 e. The third-order valence-corrected chi connectivity index (χ3v) is 6.87. The summed E-state index contributed by atoms with van der Waals surface area (Å²) in [5.41, 5.74) is 12.4. The minimum Gasteiger partial charge on any atom is -0.0845 e. The van der Waals surface area contributed by atoms with Gasteiger partial charge >= 0.3 is 0 Å². The molecule has 0 saturated carbocycles. The molecule has 0 unspecified atom stereocenters. The fourth-order valence-electron chi connectivity index (χ4n) is 5.08. The lowest BCUT2D eigenvalue weighted by atomic mass is 9.81. The lowest BCUT2D eigenvalue weighted by molar-refractivity contribution is 0.959. The number of rotatable bonds is 8. The van der Waals surface area contributed by atoms with Crippen LogP contribution < -0.4 is 0 Å². The first-order valence-electron chi connectivity index (χ1n) is 13.5. The first-order chi connectivity index (χ1) is 18.8. The summed E-state index contributed by atoms with van der Waals surface area (Å²) in [5, 5.41) is 0. The second-order valence-corrected chi connectivity index (χ2v) is 9.68. The van der Waals surface area contributed by atoms with E-state index < -0.39 is 0 Å². The molecule has 0 saturated heterocycles. The van der Waals surface area contributed by atoms with Crippen LogP contribution >= 0.6 is 0 Å². The average Bonchev–Trinajstić information content (AvgIpc) is 2.97. The van der Waals surface area contributed by atoms with Gasteiger partial charge in [0.2, 0.25) is 0 Å². The van der Waals surface area contributed by atoms with E-state index in [1.807, 2.05) is 0 Å². The van der Waals surface area contributed by atoms with Crippen molar-refractivity contribution in [3.05, 3.63) is 151 Å². The van der Waals surface area contributed by atoms with E-state index in [1.54, 1.807) is 0 Å². The van der Waals surface area contributed by atoms with Gasteiger partial charge in [0, 0.05) is 0 Å². The predicted molar refractivity (Wildman–Crippen MR) is 166 cm³/mol. The third-order valence-electron chi connectivity index (χ3n) is 6.87. The maximum absolute atomic E-state index is 2.40. The lowest BCUT2D eigenvalue weighted by Crippen LogP contribution is -1.97. The zero-order valence-electron chi connectivity index (χ0n) is 22.3. The Morgan fingerprint density at radius 1 is 0.526 bits per heavy atom. The molecule has 0 N–H and O–H groups in total. The molecular weight excluding hydrogens is 456 g/mol. The van der Waals surface area contributed by atoms with E-state index in [2.05, 4.69) is 159 Å². The van der Waals surface area contributed by atoms with Crippen LogP contribution in [0.2, 0.25) is 0 Å². The number of benzene rings is 5. The molecule has 0 heteroatoms. The molecule has 0 bridgehead atoms. The molecule has 5 rings (SSSR count). The highest BCUT2D eigenvalue weighted by atomic mass is 14.2. The van der Waals surface area contributed by atoms with Gasteiger partial charge in [0.1, 0.15) is 0 Å². The van der Waals surface area contributed by atoms with Gasteiger partial charge in [-0.1, -0.05) is 158 Å². The number of hydrogen-bond acceptors (Lipinski definition) is 0. The number of aryl methyl sites for hydroxylation is 1. The molecule has 0 aliphatic rings. The molecule has 0 atom stereocenters. The maximum atomic E-state index is 2.40. The zero-order valence-corrected chi connectivity index (χ0v) is 22.3. The van der Waals surface area contributed by atoms with E-state index in [1.165, 1.54) is 55.6 Å². The Bertz CT molecular complexity index is 1540. The summed E-state index contributed by atoms with van der Waals surface area (Å²) in [6.45, 7) is 4.38. The largest absolute Gasteiger partial charge is 0.0845 e. The predicted octanol–water partition coefficient (Wildman–Crippen LogP) is 11.0.